The van der Waals surface area contributed by atoms with Gasteiger partial charge < -0.3 is 24.8 Å². The third-order valence-electron chi connectivity index (χ3n) is 5.78. The van der Waals surface area contributed by atoms with Crippen LogP contribution in [0.5, 0.6) is 5.75 Å². The van der Waals surface area contributed by atoms with Gasteiger partial charge in [-0.25, -0.2) is 9.18 Å². The van der Waals surface area contributed by atoms with Gasteiger partial charge in [-0.05, 0) is 39.3 Å². The Hall–Kier alpha value is -2.88. The summed E-state index contributed by atoms with van der Waals surface area (Å²) in [6.07, 6.45) is 0.193. The molecule has 2 aliphatic heterocycles. The van der Waals surface area contributed by atoms with E-state index in [2.05, 4.69) is 10.6 Å². The van der Waals surface area contributed by atoms with E-state index in [1.54, 1.807) is 33.8 Å². The number of halogens is 1. The van der Waals surface area contributed by atoms with Crippen molar-refractivity contribution in [2.75, 3.05) is 25.6 Å². The number of para-hydroxylation sites is 1. The topological polar surface area (TPSA) is 106 Å². The lowest BCUT2D eigenvalue weighted by atomic mass is 9.85. The molecule has 0 saturated carbocycles. The third-order valence-corrected chi connectivity index (χ3v) is 5.78. The first-order valence-electron chi connectivity index (χ1n) is 11.1. The summed E-state index contributed by atoms with van der Waals surface area (Å²) < 4.78 is 31.5. The molecule has 1 aromatic rings. The molecule has 0 radical (unpaired) electrons. The standard InChI is InChI=1S/C23H32FN3O6/c1-6-16(27(5)21(30)33-22(2,3)4)19(28)26-18-20(29)25-15-9-7-8-14(24)17(15)32-23(18)10-12-31-13-11-23/h7-9,16,18H,6,10-13H2,1-5H3,(H,25,29)(H,26,28)/t16-,18-/m0/s1. The minimum Gasteiger partial charge on any atom is -0.479 e. The molecule has 2 heterocycles. The largest absolute Gasteiger partial charge is 0.479 e. The summed E-state index contributed by atoms with van der Waals surface area (Å²) in [7, 11) is 1.47. The number of likely N-dealkylation sites (N-methyl/N-ethyl adjacent to an activating group) is 1. The number of nitrogens with zero attached hydrogens (tertiary/aromatic N) is 1. The normalized spacial score (nSPS) is 20.5. The number of fused-ring (bicyclic) bond motifs is 1. The van der Waals surface area contributed by atoms with E-state index in [-0.39, 0.29) is 24.3 Å². The average Bonchev–Trinajstić information content (AvgIpc) is 2.84. The SMILES string of the molecule is CC[C@@H](C(=O)N[C@H]1C(=O)Nc2cccc(F)c2OC12CCOCC2)N(C)C(=O)OC(C)(C)C. The van der Waals surface area contributed by atoms with E-state index in [1.165, 1.54) is 24.1 Å². The molecule has 0 bridgehead atoms. The Balaban J connectivity index is 1.88. The van der Waals surface area contributed by atoms with Crippen LogP contribution < -0.4 is 15.4 Å². The molecule has 2 aliphatic rings. The minimum atomic E-state index is -1.20. The van der Waals surface area contributed by atoms with Gasteiger partial charge in [-0.2, -0.15) is 0 Å². The van der Waals surface area contributed by atoms with Gasteiger partial charge in [0.15, 0.2) is 11.6 Å². The molecule has 1 fully saturated rings. The van der Waals surface area contributed by atoms with E-state index < -0.39 is 47.0 Å². The second kappa shape index (κ2) is 9.54. The van der Waals surface area contributed by atoms with Gasteiger partial charge in [0.25, 0.3) is 5.91 Å². The van der Waals surface area contributed by atoms with E-state index in [0.717, 1.165) is 0 Å². The number of anilines is 1. The predicted molar refractivity (Wildman–Crippen MR) is 118 cm³/mol. The first kappa shape index (κ1) is 24.8. The zero-order valence-corrected chi connectivity index (χ0v) is 19.7. The highest BCUT2D eigenvalue weighted by atomic mass is 19.1. The number of nitrogens with one attached hydrogen (secondary N) is 2. The number of amides is 3. The Labute approximate surface area is 192 Å². The van der Waals surface area contributed by atoms with Crippen molar-refractivity contribution in [3.05, 3.63) is 24.0 Å². The Morgan fingerprint density at radius 2 is 2.00 bits per heavy atom. The molecule has 1 aromatic carbocycles. The van der Waals surface area contributed by atoms with Crippen LogP contribution >= 0.6 is 0 Å². The van der Waals surface area contributed by atoms with E-state index >= 15 is 0 Å². The van der Waals surface area contributed by atoms with Crippen LogP contribution in [0.15, 0.2) is 18.2 Å². The van der Waals surface area contributed by atoms with Crippen molar-refractivity contribution in [2.24, 2.45) is 0 Å². The Morgan fingerprint density at radius 1 is 1.33 bits per heavy atom. The molecular formula is C23H32FN3O6. The van der Waals surface area contributed by atoms with Gasteiger partial charge in [0.05, 0.1) is 18.9 Å². The van der Waals surface area contributed by atoms with Crippen LogP contribution in [-0.2, 0) is 19.1 Å². The molecule has 1 spiro atoms. The van der Waals surface area contributed by atoms with Gasteiger partial charge >= 0.3 is 6.09 Å². The van der Waals surface area contributed by atoms with Gasteiger partial charge in [0.1, 0.15) is 23.3 Å². The van der Waals surface area contributed by atoms with Crippen molar-refractivity contribution in [3.8, 4) is 5.75 Å². The maximum atomic E-state index is 14.6. The molecule has 2 atom stereocenters. The lowest BCUT2D eigenvalue weighted by Gasteiger charge is -2.41. The molecule has 182 valence electrons. The Bertz CT molecular complexity index is 910. The molecule has 0 aliphatic carbocycles. The molecule has 3 amide bonds. The van der Waals surface area contributed by atoms with Gasteiger partial charge in [-0.3, -0.25) is 14.5 Å². The lowest BCUT2D eigenvalue weighted by molar-refractivity contribution is -0.138. The Morgan fingerprint density at radius 3 is 2.61 bits per heavy atom. The first-order chi connectivity index (χ1) is 15.5. The van der Waals surface area contributed by atoms with Gasteiger partial charge in [-0.1, -0.05) is 13.0 Å². The molecule has 3 rings (SSSR count). The van der Waals surface area contributed by atoms with Crippen molar-refractivity contribution in [1.29, 1.82) is 0 Å². The maximum absolute atomic E-state index is 14.6. The molecule has 33 heavy (non-hydrogen) atoms. The minimum absolute atomic E-state index is 0.0672. The molecular weight excluding hydrogens is 433 g/mol. The van der Waals surface area contributed by atoms with Crippen LogP contribution in [0, 0.1) is 5.82 Å². The second-order valence-corrected chi connectivity index (χ2v) is 9.34. The molecule has 0 unspecified atom stereocenters. The molecule has 0 aromatic heterocycles. The highest BCUT2D eigenvalue weighted by molar-refractivity contribution is 6.00. The second-order valence-electron chi connectivity index (χ2n) is 9.34. The lowest BCUT2D eigenvalue weighted by Crippen LogP contribution is -2.64. The third kappa shape index (κ3) is 5.38. The number of hydrogen-bond donors (Lipinski definition) is 2. The molecule has 10 heteroatoms. The number of benzene rings is 1. The summed E-state index contributed by atoms with van der Waals surface area (Å²) in [5, 5.41) is 5.44. The summed E-state index contributed by atoms with van der Waals surface area (Å²) in [4.78, 5) is 40.2. The Kier molecular flexibility index (Phi) is 7.16. The smallest absolute Gasteiger partial charge is 0.410 e. The predicted octanol–water partition coefficient (Wildman–Crippen LogP) is 2.84. The van der Waals surface area contributed by atoms with E-state index in [9.17, 15) is 18.8 Å². The van der Waals surface area contributed by atoms with E-state index in [0.29, 0.717) is 19.6 Å². The molecule has 1 saturated heterocycles. The van der Waals surface area contributed by atoms with Crippen molar-refractivity contribution in [1.82, 2.24) is 10.2 Å². The van der Waals surface area contributed by atoms with Crippen LogP contribution in [-0.4, -0.2) is 66.4 Å². The highest BCUT2D eigenvalue weighted by Gasteiger charge is 2.50. The van der Waals surface area contributed by atoms with Crippen molar-refractivity contribution in [3.63, 3.8) is 0 Å². The average molecular weight is 466 g/mol. The number of carbonyl (C=O) groups is 3. The number of ether oxygens (including phenoxy) is 3. The van der Waals surface area contributed by atoms with Crippen LogP contribution in [0.4, 0.5) is 14.9 Å². The van der Waals surface area contributed by atoms with Gasteiger partial charge in [-0.15, -0.1) is 0 Å². The first-order valence-corrected chi connectivity index (χ1v) is 11.1. The summed E-state index contributed by atoms with van der Waals surface area (Å²) in [5.41, 5.74) is -1.73. The fraction of sp³-hybridized carbons (Fsp3) is 0.609. The summed E-state index contributed by atoms with van der Waals surface area (Å²) in [6, 6.07) is 2.25. The van der Waals surface area contributed by atoms with Crippen LogP contribution in [0.2, 0.25) is 0 Å². The van der Waals surface area contributed by atoms with Crippen molar-refractivity contribution in [2.45, 2.75) is 70.2 Å². The van der Waals surface area contributed by atoms with Gasteiger partial charge in [0.2, 0.25) is 5.91 Å². The van der Waals surface area contributed by atoms with Gasteiger partial charge in [0, 0.05) is 19.9 Å². The fourth-order valence-corrected chi connectivity index (χ4v) is 4.06. The van der Waals surface area contributed by atoms with E-state index in [1.807, 2.05) is 0 Å². The zero-order chi connectivity index (χ0) is 24.4. The van der Waals surface area contributed by atoms with E-state index in [4.69, 9.17) is 14.2 Å². The summed E-state index contributed by atoms with van der Waals surface area (Å²) in [5.74, 6) is -1.74. The summed E-state index contributed by atoms with van der Waals surface area (Å²) >= 11 is 0. The van der Waals surface area contributed by atoms with Crippen LogP contribution in [0.3, 0.4) is 0 Å². The van der Waals surface area contributed by atoms with Crippen molar-refractivity contribution < 1.29 is 33.0 Å². The molecule has 9 nitrogen and oxygen atoms in total. The maximum Gasteiger partial charge on any atom is 0.410 e. The zero-order valence-electron chi connectivity index (χ0n) is 19.7. The van der Waals surface area contributed by atoms with Crippen molar-refractivity contribution >= 4 is 23.6 Å². The number of carbonyl (C=O) groups excluding carboxylic acids is 3. The van der Waals surface area contributed by atoms with Crippen LogP contribution in [0.25, 0.3) is 0 Å². The number of hydrogen-bond acceptors (Lipinski definition) is 6. The van der Waals surface area contributed by atoms with Crippen LogP contribution in [0.1, 0.15) is 47.0 Å². The fourth-order valence-electron chi connectivity index (χ4n) is 4.06. The highest BCUT2D eigenvalue weighted by Crippen LogP contribution is 2.39. The molecule has 2 N–H and O–H groups in total. The quantitative estimate of drug-likeness (QED) is 0.708. The number of rotatable bonds is 4. The monoisotopic (exact) mass is 465 g/mol. The summed E-state index contributed by atoms with van der Waals surface area (Å²) in [6.45, 7) is 7.54.